The Morgan fingerprint density at radius 1 is 1.00 bits per heavy atom. The summed E-state index contributed by atoms with van der Waals surface area (Å²) in [7, 11) is 0. The summed E-state index contributed by atoms with van der Waals surface area (Å²) >= 11 is 0. The number of anilines is 1. The number of rotatable bonds is 3. The zero-order chi connectivity index (χ0) is 16.1. The van der Waals surface area contributed by atoms with Gasteiger partial charge in [-0.2, -0.15) is 0 Å². The van der Waals surface area contributed by atoms with Crippen molar-refractivity contribution in [1.82, 2.24) is 14.8 Å². The van der Waals surface area contributed by atoms with Crippen molar-refractivity contribution >= 4 is 18.0 Å². The molecule has 3 rings (SSSR count). The summed E-state index contributed by atoms with van der Waals surface area (Å²) in [6.45, 7) is 4.45. The number of amides is 2. The Morgan fingerprint density at radius 3 is 2.35 bits per heavy atom. The summed E-state index contributed by atoms with van der Waals surface area (Å²) in [5.41, 5.74) is 1.60. The third-order valence-electron chi connectivity index (χ3n) is 4.68. The van der Waals surface area contributed by atoms with E-state index < -0.39 is 0 Å². The van der Waals surface area contributed by atoms with Crippen LogP contribution in [0.25, 0.3) is 0 Å². The van der Waals surface area contributed by atoms with Gasteiger partial charge in [0.2, 0.25) is 6.41 Å². The molecule has 0 saturated carbocycles. The van der Waals surface area contributed by atoms with E-state index in [0.717, 1.165) is 25.2 Å². The molecular formula is C17H24N4O2. The lowest BCUT2D eigenvalue weighted by Gasteiger charge is -2.32. The maximum Gasteiger partial charge on any atom is 0.272 e. The number of pyridine rings is 1. The smallest absolute Gasteiger partial charge is 0.272 e. The van der Waals surface area contributed by atoms with Crippen molar-refractivity contribution in [1.29, 1.82) is 0 Å². The minimum Gasteiger partial charge on any atom is -0.371 e. The second kappa shape index (κ2) is 7.44. The highest BCUT2D eigenvalue weighted by atomic mass is 16.2. The molecule has 1 aromatic rings. The van der Waals surface area contributed by atoms with E-state index in [2.05, 4.69) is 9.88 Å². The van der Waals surface area contributed by atoms with Crippen molar-refractivity contribution in [3.63, 3.8) is 0 Å². The standard InChI is InChI=1S/C17H24N4O2/c22-14-19-9-11-21(12-10-19)17(23)16-13-15(5-6-18-16)20-7-3-1-2-4-8-20/h5-6,13-14H,1-4,7-12H2. The first-order chi connectivity index (χ1) is 11.3. The highest BCUT2D eigenvalue weighted by Crippen LogP contribution is 2.20. The largest absolute Gasteiger partial charge is 0.371 e. The second-order valence-electron chi connectivity index (χ2n) is 6.23. The Morgan fingerprint density at radius 2 is 1.70 bits per heavy atom. The fourth-order valence-corrected chi connectivity index (χ4v) is 3.25. The quantitative estimate of drug-likeness (QED) is 0.791. The molecule has 1 aromatic heterocycles. The van der Waals surface area contributed by atoms with Gasteiger partial charge in [-0.15, -0.1) is 0 Å². The number of carbonyl (C=O) groups is 2. The molecule has 3 heterocycles. The van der Waals surface area contributed by atoms with Crippen LogP contribution in [0, 0.1) is 0 Å². The lowest BCUT2D eigenvalue weighted by molar-refractivity contribution is -0.119. The van der Waals surface area contributed by atoms with Crippen LogP contribution >= 0.6 is 0 Å². The summed E-state index contributed by atoms with van der Waals surface area (Å²) in [6, 6.07) is 3.91. The molecule has 6 heteroatoms. The third kappa shape index (κ3) is 3.81. The number of hydrogen-bond donors (Lipinski definition) is 0. The van der Waals surface area contributed by atoms with Crippen LogP contribution in [-0.2, 0) is 4.79 Å². The van der Waals surface area contributed by atoms with Crippen molar-refractivity contribution in [2.75, 3.05) is 44.2 Å². The highest BCUT2D eigenvalue weighted by Gasteiger charge is 2.23. The van der Waals surface area contributed by atoms with E-state index in [1.54, 1.807) is 16.0 Å². The monoisotopic (exact) mass is 316 g/mol. The van der Waals surface area contributed by atoms with Crippen molar-refractivity contribution in [3.8, 4) is 0 Å². The van der Waals surface area contributed by atoms with Gasteiger partial charge in [-0.05, 0) is 25.0 Å². The number of hydrogen-bond acceptors (Lipinski definition) is 4. The van der Waals surface area contributed by atoms with Crippen molar-refractivity contribution < 1.29 is 9.59 Å². The lowest BCUT2D eigenvalue weighted by atomic mass is 10.2. The molecule has 124 valence electrons. The van der Waals surface area contributed by atoms with Crippen molar-refractivity contribution in [2.24, 2.45) is 0 Å². The van der Waals surface area contributed by atoms with Crippen LogP contribution in [0.15, 0.2) is 18.3 Å². The van der Waals surface area contributed by atoms with Gasteiger partial charge in [-0.3, -0.25) is 14.6 Å². The number of aromatic nitrogens is 1. The van der Waals surface area contributed by atoms with E-state index in [0.29, 0.717) is 31.9 Å². The van der Waals surface area contributed by atoms with Crippen molar-refractivity contribution in [2.45, 2.75) is 25.7 Å². The van der Waals surface area contributed by atoms with Crippen LogP contribution < -0.4 is 4.90 Å². The minimum atomic E-state index is -0.0350. The Kier molecular flexibility index (Phi) is 5.10. The zero-order valence-electron chi connectivity index (χ0n) is 13.5. The fraction of sp³-hybridized carbons (Fsp3) is 0.588. The van der Waals surface area contributed by atoms with E-state index in [1.807, 2.05) is 12.1 Å². The molecule has 2 amide bonds. The second-order valence-corrected chi connectivity index (χ2v) is 6.23. The zero-order valence-corrected chi connectivity index (χ0v) is 13.5. The van der Waals surface area contributed by atoms with Crippen LogP contribution in [0.3, 0.4) is 0 Å². The molecule has 0 aromatic carbocycles. The molecule has 0 atom stereocenters. The molecule has 0 bridgehead atoms. The average Bonchev–Trinajstić information content (AvgIpc) is 2.91. The summed E-state index contributed by atoms with van der Waals surface area (Å²) in [5, 5.41) is 0. The van der Waals surface area contributed by atoms with Gasteiger partial charge >= 0.3 is 0 Å². The van der Waals surface area contributed by atoms with Crippen LogP contribution in [0.4, 0.5) is 5.69 Å². The van der Waals surface area contributed by atoms with Gasteiger partial charge in [0.05, 0.1) is 0 Å². The van der Waals surface area contributed by atoms with Crippen LogP contribution in [0.5, 0.6) is 0 Å². The minimum absolute atomic E-state index is 0.0350. The Labute approximate surface area is 137 Å². The molecule has 6 nitrogen and oxygen atoms in total. The van der Waals surface area contributed by atoms with Gasteiger partial charge in [0.1, 0.15) is 5.69 Å². The predicted octanol–water partition coefficient (Wildman–Crippen LogP) is 1.38. The first-order valence-corrected chi connectivity index (χ1v) is 8.47. The first-order valence-electron chi connectivity index (χ1n) is 8.47. The maximum atomic E-state index is 12.6. The topological polar surface area (TPSA) is 56.8 Å². The van der Waals surface area contributed by atoms with Crippen LogP contribution in [-0.4, -0.2) is 66.4 Å². The van der Waals surface area contributed by atoms with Gasteiger partial charge in [0, 0.05) is 51.2 Å². The molecule has 0 unspecified atom stereocenters. The van der Waals surface area contributed by atoms with E-state index in [4.69, 9.17) is 0 Å². The molecule has 2 aliphatic rings. The third-order valence-corrected chi connectivity index (χ3v) is 4.68. The first kappa shape index (κ1) is 15.8. The normalized spacial score (nSPS) is 19.4. The van der Waals surface area contributed by atoms with E-state index in [-0.39, 0.29) is 5.91 Å². The number of nitrogens with zero attached hydrogens (tertiary/aromatic N) is 4. The van der Waals surface area contributed by atoms with E-state index in [9.17, 15) is 9.59 Å². The van der Waals surface area contributed by atoms with Crippen LogP contribution in [0.1, 0.15) is 36.2 Å². The Bertz CT molecular complexity index is 547. The molecule has 0 aliphatic carbocycles. The summed E-state index contributed by atoms with van der Waals surface area (Å²) < 4.78 is 0. The molecule has 0 radical (unpaired) electrons. The van der Waals surface area contributed by atoms with E-state index in [1.165, 1.54) is 25.7 Å². The van der Waals surface area contributed by atoms with Gasteiger partial charge < -0.3 is 14.7 Å². The molecule has 0 N–H and O–H groups in total. The molecule has 23 heavy (non-hydrogen) atoms. The summed E-state index contributed by atoms with van der Waals surface area (Å²) in [5.74, 6) is -0.0350. The maximum absolute atomic E-state index is 12.6. The summed E-state index contributed by atoms with van der Waals surface area (Å²) in [6.07, 6.45) is 7.57. The molecule has 2 saturated heterocycles. The number of piperazine rings is 1. The van der Waals surface area contributed by atoms with Gasteiger partial charge in [-0.1, -0.05) is 12.8 Å². The van der Waals surface area contributed by atoms with Crippen LogP contribution in [0.2, 0.25) is 0 Å². The number of carbonyl (C=O) groups excluding carboxylic acids is 2. The molecular weight excluding hydrogens is 292 g/mol. The van der Waals surface area contributed by atoms with Gasteiger partial charge in [-0.25, -0.2) is 0 Å². The Balaban J connectivity index is 1.69. The predicted molar refractivity (Wildman–Crippen MR) is 88.5 cm³/mol. The van der Waals surface area contributed by atoms with Crippen molar-refractivity contribution in [3.05, 3.63) is 24.0 Å². The molecule has 0 spiro atoms. The highest BCUT2D eigenvalue weighted by molar-refractivity contribution is 5.93. The SMILES string of the molecule is O=CN1CCN(C(=O)c2cc(N3CCCCCC3)ccn2)CC1. The Hall–Kier alpha value is -2.11. The van der Waals surface area contributed by atoms with Gasteiger partial charge in [0.25, 0.3) is 5.91 Å². The molecule has 2 aliphatic heterocycles. The van der Waals surface area contributed by atoms with E-state index >= 15 is 0 Å². The summed E-state index contributed by atoms with van der Waals surface area (Å²) in [4.78, 5) is 33.5. The fourth-order valence-electron chi connectivity index (χ4n) is 3.25. The van der Waals surface area contributed by atoms with Gasteiger partial charge in [0.15, 0.2) is 0 Å². The average molecular weight is 316 g/mol. The molecule has 2 fully saturated rings. The lowest BCUT2D eigenvalue weighted by Crippen LogP contribution is -2.48.